The van der Waals surface area contributed by atoms with Gasteiger partial charge < -0.3 is 9.72 Å². The second kappa shape index (κ2) is 4.75. The van der Waals surface area contributed by atoms with E-state index >= 15 is 0 Å². The van der Waals surface area contributed by atoms with Gasteiger partial charge in [-0.1, -0.05) is 6.92 Å². The van der Waals surface area contributed by atoms with Gasteiger partial charge >= 0.3 is 0 Å². The van der Waals surface area contributed by atoms with Gasteiger partial charge in [-0.3, -0.25) is 0 Å². The topological polar surface area (TPSA) is 75.3 Å². The maximum Gasteiger partial charge on any atom is 0.260 e. The number of imidazole rings is 1. The lowest BCUT2D eigenvalue weighted by Crippen LogP contribution is -2.47. The average Bonchev–Trinajstić information content (AvgIpc) is 2.78. The zero-order valence-corrected chi connectivity index (χ0v) is 10.8. The molecule has 0 saturated carbocycles. The highest BCUT2D eigenvalue weighted by atomic mass is 32.2. The number of aromatic amines is 1. The number of H-pyrrole nitrogens is 1. The van der Waals surface area contributed by atoms with Crippen LogP contribution in [-0.2, 0) is 21.2 Å². The number of hydrogen-bond acceptors (Lipinski definition) is 4. The van der Waals surface area contributed by atoms with Crippen molar-refractivity contribution in [2.45, 2.75) is 31.3 Å². The maximum absolute atomic E-state index is 12.3. The van der Waals surface area contributed by atoms with Crippen molar-refractivity contribution in [1.82, 2.24) is 14.3 Å². The summed E-state index contributed by atoms with van der Waals surface area (Å²) in [5.74, 6) is 0.685. The number of ether oxygens (including phenoxy) is 1. The van der Waals surface area contributed by atoms with Gasteiger partial charge in [0.05, 0.1) is 19.4 Å². The van der Waals surface area contributed by atoms with Crippen molar-refractivity contribution < 1.29 is 13.2 Å². The molecule has 1 fully saturated rings. The molecule has 0 aromatic carbocycles. The molecule has 6 nitrogen and oxygen atoms in total. The fourth-order valence-electron chi connectivity index (χ4n) is 1.85. The van der Waals surface area contributed by atoms with E-state index in [9.17, 15) is 8.42 Å². The molecule has 96 valence electrons. The summed E-state index contributed by atoms with van der Waals surface area (Å²) in [5, 5.41) is 0.170. The summed E-state index contributed by atoms with van der Waals surface area (Å²) in [6.07, 6.45) is 2.07. The Bertz CT molecular complexity index is 483. The number of hydrogen-bond donors (Lipinski definition) is 1. The number of morpholine rings is 1. The number of sulfonamides is 1. The Morgan fingerprint density at radius 2 is 2.41 bits per heavy atom. The molecule has 1 aliphatic heterocycles. The molecule has 1 saturated heterocycles. The van der Waals surface area contributed by atoms with Crippen molar-refractivity contribution in [3.8, 4) is 0 Å². The van der Waals surface area contributed by atoms with Gasteiger partial charge in [0.15, 0.2) is 5.03 Å². The molecular weight excluding hydrogens is 242 g/mol. The third-order valence-corrected chi connectivity index (χ3v) is 4.76. The molecule has 2 heterocycles. The SMILES string of the molecule is CCc1ncc(S(=O)(=O)N2CCOC[C@H]2C)[nH]1. The Labute approximate surface area is 101 Å². The van der Waals surface area contributed by atoms with E-state index in [0.717, 1.165) is 0 Å². The van der Waals surface area contributed by atoms with Crippen molar-refractivity contribution in [2.24, 2.45) is 0 Å². The predicted molar refractivity (Wildman–Crippen MR) is 62.1 cm³/mol. The van der Waals surface area contributed by atoms with Gasteiger partial charge in [0.1, 0.15) is 5.82 Å². The van der Waals surface area contributed by atoms with Crippen LogP contribution in [0.2, 0.25) is 0 Å². The van der Waals surface area contributed by atoms with Crippen LogP contribution < -0.4 is 0 Å². The molecule has 1 aliphatic rings. The van der Waals surface area contributed by atoms with E-state index in [1.165, 1.54) is 10.5 Å². The lowest BCUT2D eigenvalue weighted by atomic mass is 10.3. The molecule has 2 rings (SSSR count). The maximum atomic E-state index is 12.3. The number of aryl methyl sites for hydroxylation is 1. The summed E-state index contributed by atoms with van der Waals surface area (Å²) < 4.78 is 31.4. The van der Waals surface area contributed by atoms with Crippen LogP contribution >= 0.6 is 0 Å². The minimum atomic E-state index is -3.47. The second-order valence-electron chi connectivity index (χ2n) is 4.09. The Morgan fingerprint density at radius 1 is 1.65 bits per heavy atom. The van der Waals surface area contributed by atoms with Gasteiger partial charge in [0, 0.05) is 19.0 Å². The van der Waals surface area contributed by atoms with Crippen LogP contribution in [0.5, 0.6) is 0 Å². The fourth-order valence-corrected chi connectivity index (χ4v) is 3.38. The first-order valence-electron chi connectivity index (χ1n) is 5.69. The standard InChI is InChI=1S/C10H17N3O3S/c1-3-9-11-6-10(12-9)17(14,15)13-4-5-16-7-8(13)2/h6,8H,3-5,7H2,1-2H3,(H,11,12)/t8-/m1/s1. The Kier molecular flexibility index (Phi) is 3.50. The molecule has 0 unspecified atom stereocenters. The smallest absolute Gasteiger partial charge is 0.260 e. The highest BCUT2D eigenvalue weighted by molar-refractivity contribution is 7.89. The summed E-state index contributed by atoms with van der Waals surface area (Å²) in [6, 6.07) is -0.137. The number of aromatic nitrogens is 2. The fraction of sp³-hybridized carbons (Fsp3) is 0.700. The lowest BCUT2D eigenvalue weighted by molar-refractivity contribution is 0.0391. The zero-order valence-electron chi connectivity index (χ0n) is 10.0. The van der Waals surface area contributed by atoms with Crippen LogP contribution in [0.3, 0.4) is 0 Å². The van der Waals surface area contributed by atoms with Gasteiger partial charge in [-0.25, -0.2) is 13.4 Å². The molecule has 1 N–H and O–H groups in total. The van der Waals surface area contributed by atoms with E-state index in [1.54, 1.807) is 0 Å². The van der Waals surface area contributed by atoms with Crippen LogP contribution in [0, 0.1) is 0 Å². The van der Waals surface area contributed by atoms with Crippen LogP contribution in [-0.4, -0.2) is 48.5 Å². The highest BCUT2D eigenvalue weighted by Gasteiger charge is 2.32. The van der Waals surface area contributed by atoms with Crippen molar-refractivity contribution in [3.63, 3.8) is 0 Å². The predicted octanol–water partition coefficient (Wildman–Crippen LogP) is 0.382. The first-order valence-corrected chi connectivity index (χ1v) is 7.13. The van der Waals surface area contributed by atoms with Gasteiger partial charge in [-0.2, -0.15) is 4.31 Å². The summed E-state index contributed by atoms with van der Waals surface area (Å²) in [4.78, 5) is 6.87. The van der Waals surface area contributed by atoms with Crippen molar-refractivity contribution in [3.05, 3.63) is 12.0 Å². The molecule has 0 bridgehead atoms. The molecule has 17 heavy (non-hydrogen) atoms. The Morgan fingerprint density at radius 3 is 3.00 bits per heavy atom. The minimum absolute atomic E-state index is 0.137. The molecule has 0 amide bonds. The minimum Gasteiger partial charge on any atom is -0.378 e. The van der Waals surface area contributed by atoms with Gasteiger partial charge in [-0.05, 0) is 6.92 Å². The molecule has 1 aromatic rings. The molecular formula is C10H17N3O3S. The summed E-state index contributed by atoms with van der Waals surface area (Å²) >= 11 is 0. The second-order valence-corrected chi connectivity index (χ2v) is 5.95. The largest absolute Gasteiger partial charge is 0.378 e. The average molecular weight is 259 g/mol. The monoisotopic (exact) mass is 259 g/mol. The molecule has 0 aliphatic carbocycles. The number of nitrogens with zero attached hydrogens (tertiary/aromatic N) is 2. The Balaban J connectivity index is 2.28. The normalized spacial score (nSPS) is 22.8. The lowest BCUT2D eigenvalue weighted by Gasteiger charge is -2.31. The van der Waals surface area contributed by atoms with E-state index in [2.05, 4.69) is 9.97 Å². The van der Waals surface area contributed by atoms with Crippen LogP contribution in [0.4, 0.5) is 0 Å². The van der Waals surface area contributed by atoms with Crippen LogP contribution in [0.15, 0.2) is 11.2 Å². The molecule has 1 atom stereocenters. The first-order chi connectivity index (χ1) is 8.05. The van der Waals surface area contributed by atoms with E-state index < -0.39 is 10.0 Å². The number of nitrogens with one attached hydrogen (secondary N) is 1. The van der Waals surface area contributed by atoms with Crippen molar-refractivity contribution >= 4 is 10.0 Å². The zero-order chi connectivity index (χ0) is 12.5. The molecule has 1 aromatic heterocycles. The third kappa shape index (κ3) is 2.36. The van der Waals surface area contributed by atoms with E-state index in [-0.39, 0.29) is 11.1 Å². The Hall–Kier alpha value is -0.920. The van der Waals surface area contributed by atoms with Crippen molar-refractivity contribution in [2.75, 3.05) is 19.8 Å². The molecule has 7 heteroatoms. The van der Waals surface area contributed by atoms with E-state index in [4.69, 9.17) is 4.74 Å². The first kappa shape index (κ1) is 12.5. The molecule has 0 spiro atoms. The van der Waals surface area contributed by atoms with Gasteiger partial charge in [0.25, 0.3) is 10.0 Å². The van der Waals surface area contributed by atoms with E-state index in [1.807, 2.05) is 13.8 Å². The summed E-state index contributed by atoms with van der Waals surface area (Å²) in [6.45, 7) is 5.04. The van der Waals surface area contributed by atoms with E-state index in [0.29, 0.717) is 32.0 Å². The van der Waals surface area contributed by atoms with Crippen molar-refractivity contribution in [1.29, 1.82) is 0 Å². The van der Waals surface area contributed by atoms with Crippen LogP contribution in [0.1, 0.15) is 19.7 Å². The summed E-state index contributed by atoms with van der Waals surface area (Å²) in [7, 11) is -3.47. The van der Waals surface area contributed by atoms with Gasteiger partial charge in [0.2, 0.25) is 0 Å². The summed E-state index contributed by atoms with van der Waals surface area (Å²) in [5.41, 5.74) is 0. The molecule has 0 radical (unpaired) electrons. The van der Waals surface area contributed by atoms with Gasteiger partial charge in [-0.15, -0.1) is 0 Å². The quantitative estimate of drug-likeness (QED) is 0.851. The van der Waals surface area contributed by atoms with Crippen LogP contribution in [0.25, 0.3) is 0 Å². The highest BCUT2D eigenvalue weighted by Crippen LogP contribution is 2.18. The number of rotatable bonds is 3. The third-order valence-electron chi connectivity index (χ3n) is 2.83.